The van der Waals surface area contributed by atoms with Crippen molar-refractivity contribution in [1.82, 2.24) is 0 Å². The summed E-state index contributed by atoms with van der Waals surface area (Å²) >= 11 is 0. The molecular weight excluding hydrogens is 1020 g/mol. The van der Waals surface area contributed by atoms with Crippen molar-refractivity contribution in [2.75, 3.05) is 13.2 Å². The molecule has 0 aliphatic heterocycles. The van der Waals surface area contributed by atoms with E-state index in [-0.39, 0.29) is 31.1 Å². The molecule has 0 fully saturated rings. The Bertz CT molecular complexity index is 1430. The van der Waals surface area contributed by atoms with Gasteiger partial charge < -0.3 is 14.2 Å². The van der Waals surface area contributed by atoms with E-state index in [2.05, 4.69) is 69.4 Å². The zero-order valence-electron chi connectivity index (χ0n) is 56.0. The third-order valence-electron chi connectivity index (χ3n) is 16.8. The summed E-state index contributed by atoms with van der Waals surface area (Å²) in [5, 5.41) is 0. The topological polar surface area (TPSA) is 78.9 Å². The summed E-state index contributed by atoms with van der Waals surface area (Å²) in [5.74, 6) is -0.864. The monoisotopic (exact) mass is 1160 g/mol. The Morgan fingerprint density at radius 2 is 0.434 bits per heavy atom. The molecule has 0 aliphatic rings. The van der Waals surface area contributed by atoms with Gasteiger partial charge >= 0.3 is 17.9 Å². The number of carbonyl (C=O) groups is 3. The summed E-state index contributed by atoms with van der Waals surface area (Å²) in [4.78, 5) is 38.5. The van der Waals surface area contributed by atoms with Gasteiger partial charge in [-0.15, -0.1) is 0 Å². The third kappa shape index (κ3) is 70.0. The Hall–Kier alpha value is -2.63. The highest BCUT2D eigenvalue weighted by atomic mass is 16.6. The third-order valence-corrected chi connectivity index (χ3v) is 16.8. The summed E-state index contributed by atoms with van der Waals surface area (Å²) in [6, 6.07) is 0. The van der Waals surface area contributed by atoms with Gasteiger partial charge in [-0.1, -0.05) is 333 Å². The van der Waals surface area contributed by atoms with E-state index in [9.17, 15) is 14.4 Å². The summed E-state index contributed by atoms with van der Waals surface area (Å²) in [6.07, 6.45) is 91.6. The predicted molar refractivity (Wildman–Crippen MR) is 362 cm³/mol. The zero-order valence-corrected chi connectivity index (χ0v) is 56.0. The van der Waals surface area contributed by atoms with Crippen LogP contribution >= 0.6 is 0 Å². The highest BCUT2D eigenvalue weighted by Gasteiger charge is 2.19. The van der Waals surface area contributed by atoms with Crippen LogP contribution < -0.4 is 0 Å². The van der Waals surface area contributed by atoms with Crippen molar-refractivity contribution in [3.63, 3.8) is 0 Å². The molecule has 0 aromatic carbocycles. The number of rotatable bonds is 69. The lowest BCUT2D eigenvalue weighted by Crippen LogP contribution is -2.30. The molecule has 0 aromatic rings. The van der Waals surface area contributed by atoms with E-state index in [0.29, 0.717) is 19.3 Å². The molecule has 0 radical (unpaired) electrons. The van der Waals surface area contributed by atoms with Crippen LogP contribution in [0.15, 0.2) is 48.6 Å². The standard InChI is InChI=1S/C77H142O6/c1-4-7-10-13-16-19-22-25-28-30-32-33-34-35-36-37-38-39-40-41-42-43-45-46-49-52-55-58-61-64-67-70-76(79)82-73-74(72-81-75(78)69-66-63-60-57-54-51-48-27-24-21-18-15-12-9-6-3)83-77(80)71-68-65-62-59-56-53-50-47-44-31-29-26-23-20-17-14-11-8-5-2/h18,21,26-27,29-30,32,48,74H,4-17,19-20,22-25,28,31,33-47,49-73H2,1-3H3/b21-18-,29-26-,32-30-,48-27-. The average Bonchev–Trinajstić information content (AvgIpc) is 3.50. The minimum absolute atomic E-state index is 0.0743. The van der Waals surface area contributed by atoms with Gasteiger partial charge in [-0.2, -0.15) is 0 Å². The van der Waals surface area contributed by atoms with Gasteiger partial charge in [0.2, 0.25) is 0 Å². The van der Waals surface area contributed by atoms with E-state index in [0.717, 1.165) is 77.0 Å². The first kappa shape index (κ1) is 80.4. The van der Waals surface area contributed by atoms with Gasteiger partial charge in [-0.25, -0.2) is 0 Å². The number of carbonyl (C=O) groups excluding carboxylic acids is 3. The van der Waals surface area contributed by atoms with Gasteiger partial charge in [0.25, 0.3) is 0 Å². The molecule has 0 aromatic heterocycles. The number of hydrogen-bond acceptors (Lipinski definition) is 6. The van der Waals surface area contributed by atoms with Crippen molar-refractivity contribution < 1.29 is 28.6 Å². The van der Waals surface area contributed by atoms with Crippen LogP contribution in [0.4, 0.5) is 0 Å². The largest absolute Gasteiger partial charge is 0.462 e. The van der Waals surface area contributed by atoms with Gasteiger partial charge in [0.05, 0.1) is 0 Å². The van der Waals surface area contributed by atoms with Crippen LogP contribution in [0.25, 0.3) is 0 Å². The summed E-state index contributed by atoms with van der Waals surface area (Å²) in [7, 11) is 0. The maximum Gasteiger partial charge on any atom is 0.306 e. The predicted octanol–water partition coefficient (Wildman–Crippen LogP) is 25.7. The van der Waals surface area contributed by atoms with Crippen molar-refractivity contribution in [1.29, 1.82) is 0 Å². The van der Waals surface area contributed by atoms with E-state index in [1.807, 2.05) is 0 Å². The minimum Gasteiger partial charge on any atom is -0.462 e. The van der Waals surface area contributed by atoms with Gasteiger partial charge in [-0.05, 0) is 103 Å². The summed E-state index contributed by atoms with van der Waals surface area (Å²) in [6.45, 7) is 6.66. The molecule has 0 amide bonds. The van der Waals surface area contributed by atoms with Crippen LogP contribution in [0, 0.1) is 0 Å². The van der Waals surface area contributed by atoms with Gasteiger partial charge in [0.15, 0.2) is 6.10 Å². The average molecular weight is 1160 g/mol. The van der Waals surface area contributed by atoms with Crippen LogP contribution in [0.3, 0.4) is 0 Å². The van der Waals surface area contributed by atoms with Crippen molar-refractivity contribution in [3.8, 4) is 0 Å². The van der Waals surface area contributed by atoms with Crippen molar-refractivity contribution in [2.24, 2.45) is 0 Å². The zero-order chi connectivity index (χ0) is 59.9. The van der Waals surface area contributed by atoms with E-state index >= 15 is 0 Å². The Balaban J connectivity index is 4.20. The smallest absolute Gasteiger partial charge is 0.306 e. The molecule has 0 N–H and O–H groups in total. The summed E-state index contributed by atoms with van der Waals surface area (Å²) in [5.41, 5.74) is 0. The molecule has 6 nitrogen and oxygen atoms in total. The fourth-order valence-electron chi connectivity index (χ4n) is 11.2. The highest BCUT2D eigenvalue weighted by Crippen LogP contribution is 2.18. The van der Waals surface area contributed by atoms with E-state index in [1.54, 1.807) is 0 Å². The molecule has 1 unspecified atom stereocenters. The first-order valence-electron chi connectivity index (χ1n) is 37.1. The molecule has 0 saturated carbocycles. The molecule has 0 bridgehead atoms. The van der Waals surface area contributed by atoms with Gasteiger partial charge in [0, 0.05) is 19.3 Å². The Labute approximate surface area is 518 Å². The molecule has 6 heteroatoms. The van der Waals surface area contributed by atoms with Crippen LogP contribution in [0.2, 0.25) is 0 Å². The van der Waals surface area contributed by atoms with Crippen LogP contribution in [0.1, 0.15) is 406 Å². The molecule has 1 atom stereocenters. The Morgan fingerprint density at radius 1 is 0.241 bits per heavy atom. The van der Waals surface area contributed by atoms with Gasteiger partial charge in [-0.3, -0.25) is 14.4 Å². The quantitative estimate of drug-likeness (QED) is 0.0261. The van der Waals surface area contributed by atoms with Crippen molar-refractivity contribution >= 4 is 17.9 Å². The first-order valence-corrected chi connectivity index (χ1v) is 37.1. The van der Waals surface area contributed by atoms with E-state index in [4.69, 9.17) is 14.2 Å². The summed E-state index contributed by atoms with van der Waals surface area (Å²) < 4.78 is 17.0. The first-order chi connectivity index (χ1) is 41.0. The highest BCUT2D eigenvalue weighted by molar-refractivity contribution is 5.71. The van der Waals surface area contributed by atoms with E-state index < -0.39 is 6.10 Å². The second kappa shape index (κ2) is 71.8. The number of hydrogen-bond donors (Lipinski definition) is 0. The fraction of sp³-hybridized carbons (Fsp3) is 0.857. The second-order valence-electron chi connectivity index (χ2n) is 25.2. The Kier molecular flexibility index (Phi) is 69.6. The number of unbranched alkanes of at least 4 members (excludes halogenated alkanes) is 50. The molecule has 0 spiro atoms. The maximum atomic E-state index is 13.0. The second-order valence-corrected chi connectivity index (χ2v) is 25.2. The molecular formula is C77H142O6. The normalized spacial score (nSPS) is 12.3. The lowest BCUT2D eigenvalue weighted by Gasteiger charge is -2.18. The molecule has 0 saturated heterocycles. The maximum absolute atomic E-state index is 13.0. The number of allylic oxidation sites excluding steroid dienone is 8. The lowest BCUT2D eigenvalue weighted by atomic mass is 10.0. The van der Waals surface area contributed by atoms with Crippen molar-refractivity contribution in [2.45, 2.75) is 412 Å². The lowest BCUT2D eigenvalue weighted by molar-refractivity contribution is -0.167. The molecule has 0 heterocycles. The van der Waals surface area contributed by atoms with Crippen LogP contribution in [-0.4, -0.2) is 37.2 Å². The van der Waals surface area contributed by atoms with Crippen LogP contribution in [-0.2, 0) is 28.6 Å². The van der Waals surface area contributed by atoms with Crippen molar-refractivity contribution in [3.05, 3.63) is 48.6 Å². The van der Waals surface area contributed by atoms with E-state index in [1.165, 1.54) is 289 Å². The molecule has 83 heavy (non-hydrogen) atoms. The Morgan fingerprint density at radius 3 is 0.699 bits per heavy atom. The number of esters is 3. The molecule has 0 rings (SSSR count). The SMILES string of the molecule is CCCCC/C=C\C/C=C\CCCCCCCC(=O)OCC(COC(=O)CCCCCCCCCCCCCCCCCCCCC/C=C\CCCCCCCCCC)OC(=O)CCCCCCCCCCC/C=C\CCCCCCCC. The minimum atomic E-state index is -0.780. The van der Waals surface area contributed by atoms with Gasteiger partial charge in [0.1, 0.15) is 13.2 Å². The molecule has 486 valence electrons. The van der Waals surface area contributed by atoms with Crippen LogP contribution in [0.5, 0.6) is 0 Å². The fourth-order valence-corrected chi connectivity index (χ4v) is 11.2. The number of ether oxygens (including phenoxy) is 3. The molecule has 0 aliphatic carbocycles.